The van der Waals surface area contributed by atoms with Crippen LogP contribution in [-0.4, -0.2) is 52.1 Å². The number of thiazole rings is 1. The smallest absolute Gasteiger partial charge is 0.228 e. The first-order valence-corrected chi connectivity index (χ1v) is 10.5. The SMILES string of the molecule is CCOc1ccc(-c2cn3c(CC(=O)N4CC(C)OC(C)C4)csc3n2)cc1. The Morgan fingerprint density at radius 1 is 1.25 bits per heavy atom. The molecule has 2 atom stereocenters. The van der Waals surface area contributed by atoms with E-state index in [2.05, 4.69) is 0 Å². The molecule has 1 aliphatic rings. The van der Waals surface area contributed by atoms with Gasteiger partial charge in [0.05, 0.1) is 30.9 Å². The van der Waals surface area contributed by atoms with Crippen molar-refractivity contribution in [3.63, 3.8) is 0 Å². The summed E-state index contributed by atoms with van der Waals surface area (Å²) in [6.07, 6.45) is 2.54. The number of ether oxygens (including phenoxy) is 2. The van der Waals surface area contributed by atoms with Gasteiger partial charge in [-0.3, -0.25) is 9.20 Å². The number of morpholine rings is 1. The van der Waals surface area contributed by atoms with E-state index in [0.717, 1.165) is 27.7 Å². The zero-order valence-electron chi connectivity index (χ0n) is 16.4. The molecule has 1 saturated heterocycles. The third-order valence-electron chi connectivity index (χ3n) is 4.85. The summed E-state index contributed by atoms with van der Waals surface area (Å²) < 4.78 is 13.3. The van der Waals surface area contributed by atoms with E-state index in [1.54, 1.807) is 11.3 Å². The van der Waals surface area contributed by atoms with Crippen molar-refractivity contribution in [2.75, 3.05) is 19.7 Å². The van der Waals surface area contributed by atoms with Crippen LogP contribution in [0.15, 0.2) is 35.8 Å². The van der Waals surface area contributed by atoms with E-state index in [-0.39, 0.29) is 18.1 Å². The topological polar surface area (TPSA) is 56.1 Å². The van der Waals surface area contributed by atoms with Crippen LogP contribution in [0.2, 0.25) is 0 Å². The van der Waals surface area contributed by atoms with Crippen LogP contribution >= 0.6 is 11.3 Å². The van der Waals surface area contributed by atoms with Crippen molar-refractivity contribution in [1.29, 1.82) is 0 Å². The van der Waals surface area contributed by atoms with Gasteiger partial charge in [-0.05, 0) is 45.0 Å². The van der Waals surface area contributed by atoms with E-state index < -0.39 is 0 Å². The molecule has 0 aliphatic carbocycles. The quantitative estimate of drug-likeness (QED) is 0.657. The van der Waals surface area contributed by atoms with Crippen molar-refractivity contribution in [1.82, 2.24) is 14.3 Å². The second kappa shape index (κ2) is 7.93. The molecule has 1 amide bonds. The molecule has 3 heterocycles. The van der Waals surface area contributed by atoms with Crippen molar-refractivity contribution >= 4 is 22.2 Å². The Hall–Kier alpha value is -2.38. The van der Waals surface area contributed by atoms with Gasteiger partial charge in [-0.25, -0.2) is 4.98 Å². The molecule has 2 unspecified atom stereocenters. The molecular formula is C21H25N3O3S. The van der Waals surface area contributed by atoms with Crippen molar-refractivity contribution in [2.24, 2.45) is 0 Å². The standard InChI is InChI=1S/C21H25N3O3S/c1-4-26-18-7-5-16(6-8-18)19-12-24-17(13-28-21(24)22-19)9-20(25)23-10-14(2)27-15(3)11-23/h5-8,12-15H,4,9-11H2,1-3H3. The minimum absolute atomic E-state index is 0.0784. The number of rotatable bonds is 5. The average molecular weight is 400 g/mol. The van der Waals surface area contributed by atoms with Crippen LogP contribution < -0.4 is 4.74 Å². The molecule has 1 fully saturated rings. The van der Waals surface area contributed by atoms with Crippen LogP contribution in [0.4, 0.5) is 0 Å². The summed E-state index contributed by atoms with van der Waals surface area (Å²) in [5.41, 5.74) is 2.91. The van der Waals surface area contributed by atoms with Crippen LogP contribution in [0, 0.1) is 0 Å². The first-order chi connectivity index (χ1) is 13.5. The normalized spacial score (nSPS) is 19.9. The molecule has 0 radical (unpaired) electrons. The van der Waals surface area contributed by atoms with Gasteiger partial charge in [-0.15, -0.1) is 11.3 Å². The molecule has 2 aromatic heterocycles. The van der Waals surface area contributed by atoms with Gasteiger partial charge in [-0.1, -0.05) is 0 Å². The maximum Gasteiger partial charge on any atom is 0.228 e. The van der Waals surface area contributed by atoms with Crippen LogP contribution in [0.1, 0.15) is 26.5 Å². The first-order valence-electron chi connectivity index (χ1n) is 9.65. The molecule has 1 aromatic carbocycles. The molecule has 0 bridgehead atoms. The molecule has 7 heteroatoms. The number of hydrogen-bond acceptors (Lipinski definition) is 5. The highest BCUT2D eigenvalue weighted by Gasteiger charge is 2.26. The molecule has 28 heavy (non-hydrogen) atoms. The van der Waals surface area contributed by atoms with E-state index in [0.29, 0.717) is 26.1 Å². The van der Waals surface area contributed by atoms with Crippen molar-refractivity contribution in [2.45, 2.75) is 39.4 Å². The van der Waals surface area contributed by atoms with Crippen molar-refractivity contribution in [3.05, 3.63) is 41.5 Å². The molecule has 148 valence electrons. The van der Waals surface area contributed by atoms with Crippen LogP contribution in [0.25, 0.3) is 16.2 Å². The summed E-state index contributed by atoms with van der Waals surface area (Å²) in [5, 5.41) is 2.02. The van der Waals surface area contributed by atoms with E-state index in [1.807, 2.05) is 65.9 Å². The lowest BCUT2D eigenvalue weighted by molar-refractivity contribution is -0.142. The van der Waals surface area contributed by atoms with E-state index in [4.69, 9.17) is 14.5 Å². The average Bonchev–Trinajstić information content (AvgIpc) is 3.24. The third-order valence-corrected chi connectivity index (χ3v) is 5.74. The van der Waals surface area contributed by atoms with Crippen LogP contribution in [-0.2, 0) is 16.0 Å². The first kappa shape index (κ1) is 19.0. The maximum atomic E-state index is 12.8. The molecule has 1 aliphatic heterocycles. The number of hydrogen-bond donors (Lipinski definition) is 0. The number of carbonyl (C=O) groups is 1. The van der Waals surface area contributed by atoms with Crippen molar-refractivity contribution in [3.8, 4) is 17.0 Å². The largest absolute Gasteiger partial charge is 0.494 e. The minimum atomic E-state index is 0.0784. The number of carbonyl (C=O) groups excluding carboxylic acids is 1. The predicted molar refractivity (Wildman–Crippen MR) is 110 cm³/mol. The Labute approximate surface area is 168 Å². The van der Waals surface area contributed by atoms with Gasteiger partial charge in [0.2, 0.25) is 5.91 Å². The number of benzene rings is 1. The van der Waals surface area contributed by atoms with Crippen LogP contribution in [0.5, 0.6) is 5.75 Å². The molecule has 0 spiro atoms. The van der Waals surface area contributed by atoms with Gasteiger partial charge >= 0.3 is 0 Å². The summed E-state index contributed by atoms with van der Waals surface area (Å²) >= 11 is 1.56. The monoisotopic (exact) mass is 399 g/mol. The summed E-state index contributed by atoms with van der Waals surface area (Å²) in [4.78, 5) is 20.3. The fourth-order valence-corrected chi connectivity index (χ4v) is 4.51. The van der Waals surface area contributed by atoms with Crippen molar-refractivity contribution < 1.29 is 14.3 Å². The zero-order chi connectivity index (χ0) is 19.7. The number of imidazole rings is 1. The van der Waals surface area contributed by atoms with Gasteiger partial charge in [0.25, 0.3) is 0 Å². The molecule has 4 rings (SSSR count). The minimum Gasteiger partial charge on any atom is -0.494 e. The Morgan fingerprint density at radius 3 is 2.64 bits per heavy atom. The number of nitrogens with zero attached hydrogens (tertiary/aromatic N) is 3. The highest BCUT2D eigenvalue weighted by Crippen LogP contribution is 2.26. The van der Waals surface area contributed by atoms with Crippen LogP contribution in [0.3, 0.4) is 0 Å². The summed E-state index contributed by atoms with van der Waals surface area (Å²) in [5.74, 6) is 0.991. The predicted octanol–water partition coefficient (Wildman–Crippen LogP) is 3.64. The summed E-state index contributed by atoms with van der Waals surface area (Å²) in [7, 11) is 0. The third kappa shape index (κ3) is 3.91. The van der Waals surface area contributed by atoms with Gasteiger partial charge in [0, 0.05) is 35.9 Å². The summed E-state index contributed by atoms with van der Waals surface area (Å²) in [6.45, 7) is 7.95. The molecular weight excluding hydrogens is 374 g/mol. The van der Waals surface area contributed by atoms with Gasteiger partial charge in [-0.2, -0.15) is 0 Å². The number of aromatic nitrogens is 2. The molecule has 0 N–H and O–H groups in total. The molecule has 0 saturated carbocycles. The van der Waals surface area contributed by atoms with E-state index in [9.17, 15) is 4.79 Å². The Balaban J connectivity index is 1.52. The Kier molecular flexibility index (Phi) is 5.37. The fraction of sp³-hybridized carbons (Fsp3) is 0.429. The maximum absolute atomic E-state index is 12.8. The lowest BCUT2D eigenvalue weighted by Crippen LogP contribution is -2.48. The number of amides is 1. The number of fused-ring (bicyclic) bond motifs is 1. The second-order valence-electron chi connectivity index (χ2n) is 7.20. The lowest BCUT2D eigenvalue weighted by atomic mass is 10.1. The van der Waals surface area contributed by atoms with E-state index in [1.165, 1.54) is 0 Å². The molecule has 6 nitrogen and oxygen atoms in total. The lowest BCUT2D eigenvalue weighted by Gasteiger charge is -2.35. The highest BCUT2D eigenvalue weighted by molar-refractivity contribution is 7.15. The Bertz CT molecular complexity index is 953. The van der Waals surface area contributed by atoms with Gasteiger partial charge in [0.1, 0.15) is 5.75 Å². The highest BCUT2D eigenvalue weighted by atomic mass is 32.1. The fourth-order valence-electron chi connectivity index (χ4n) is 3.63. The van der Waals surface area contributed by atoms with Gasteiger partial charge < -0.3 is 14.4 Å². The zero-order valence-corrected chi connectivity index (χ0v) is 17.2. The second-order valence-corrected chi connectivity index (χ2v) is 8.03. The molecule has 3 aromatic rings. The Morgan fingerprint density at radius 2 is 1.96 bits per heavy atom. The van der Waals surface area contributed by atoms with Gasteiger partial charge in [0.15, 0.2) is 4.96 Å². The van der Waals surface area contributed by atoms with E-state index >= 15 is 0 Å². The summed E-state index contributed by atoms with van der Waals surface area (Å²) in [6, 6.07) is 7.94.